The number of anilines is 1. The van der Waals surface area contributed by atoms with Crippen molar-refractivity contribution in [3.63, 3.8) is 0 Å². The molecule has 2 aliphatic heterocycles. The molecule has 0 bridgehead atoms. The van der Waals surface area contributed by atoms with Gasteiger partial charge in [0.15, 0.2) is 0 Å². The molecule has 0 spiro atoms. The molecule has 5 rings (SSSR count). The van der Waals surface area contributed by atoms with Crippen molar-refractivity contribution < 1.29 is 22.7 Å². The van der Waals surface area contributed by atoms with Crippen LogP contribution in [0.5, 0.6) is 5.75 Å². The summed E-state index contributed by atoms with van der Waals surface area (Å²) in [5.74, 6) is -0.183. The maximum absolute atomic E-state index is 12.9. The van der Waals surface area contributed by atoms with Crippen LogP contribution in [-0.4, -0.2) is 54.2 Å². The Balaban J connectivity index is 1.27. The molecule has 36 heavy (non-hydrogen) atoms. The molecule has 1 aromatic carbocycles. The van der Waals surface area contributed by atoms with E-state index in [1.54, 1.807) is 0 Å². The molecule has 1 amide bonds. The van der Waals surface area contributed by atoms with Crippen LogP contribution in [-0.2, 0) is 4.79 Å². The quantitative estimate of drug-likeness (QED) is 0.451. The number of halogens is 3. The molecule has 0 aromatic heterocycles. The van der Waals surface area contributed by atoms with Crippen LogP contribution in [0.4, 0.5) is 18.9 Å². The highest BCUT2D eigenvalue weighted by Gasteiger charge is 2.51. The van der Waals surface area contributed by atoms with Gasteiger partial charge < -0.3 is 20.7 Å². The Morgan fingerprint density at radius 3 is 2.56 bits per heavy atom. The van der Waals surface area contributed by atoms with Gasteiger partial charge >= 0.3 is 6.36 Å². The number of carbonyl (C=O) groups excluding carboxylic acids is 1. The van der Waals surface area contributed by atoms with Crippen molar-refractivity contribution in [2.75, 3.05) is 11.9 Å². The Morgan fingerprint density at radius 2 is 1.89 bits per heavy atom. The molecule has 4 N–H and O–H groups in total. The fourth-order valence-electron chi connectivity index (χ4n) is 6.12. The lowest BCUT2D eigenvalue weighted by atomic mass is 9.80. The van der Waals surface area contributed by atoms with Crippen LogP contribution in [0.3, 0.4) is 0 Å². The van der Waals surface area contributed by atoms with E-state index < -0.39 is 18.4 Å². The molecule has 196 valence electrons. The SMILES string of the molecule is C[C@H](N[C@H]1CC[C@H](N2NC(Nc3ccc(OC(F)(F)F)cc3)C3C(=O)NCCC32)[C@@H](C#N)C1)C1CC1. The molecule has 7 atom stereocenters. The number of carbonyl (C=O) groups is 1. The monoisotopic (exact) mass is 506 g/mol. The highest BCUT2D eigenvalue weighted by molar-refractivity contribution is 5.82. The summed E-state index contributed by atoms with van der Waals surface area (Å²) in [4.78, 5) is 12.9. The Morgan fingerprint density at radius 1 is 1.14 bits per heavy atom. The van der Waals surface area contributed by atoms with E-state index in [-0.39, 0.29) is 29.7 Å². The van der Waals surface area contributed by atoms with Crippen LogP contribution in [0.15, 0.2) is 24.3 Å². The summed E-state index contributed by atoms with van der Waals surface area (Å²) in [6, 6.07) is 8.71. The second-order valence-electron chi connectivity index (χ2n) is 10.5. The number of ether oxygens (including phenoxy) is 1. The number of alkyl halides is 3. The summed E-state index contributed by atoms with van der Waals surface area (Å²) in [6.45, 7) is 2.80. The van der Waals surface area contributed by atoms with Crippen LogP contribution in [0.25, 0.3) is 0 Å². The molecule has 2 saturated heterocycles. The van der Waals surface area contributed by atoms with Crippen molar-refractivity contribution in [1.82, 2.24) is 21.1 Å². The van der Waals surface area contributed by atoms with E-state index in [1.165, 1.54) is 37.1 Å². The van der Waals surface area contributed by atoms with E-state index >= 15 is 0 Å². The van der Waals surface area contributed by atoms with Crippen LogP contribution in [0.2, 0.25) is 0 Å². The minimum absolute atomic E-state index is 0.0166. The number of hydrazine groups is 1. The van der Waals surface area contributed by atoms with Gasteiger partial charge in [-0.15, -0.1) is 13.2 Å². The predicted molar refractivity (Wildman–Crippen MR) is 126 cm³/mol. The summed E-state index contributed by atoms with van der Waals surface area (Å²) in [5.41, 5.74) is 4.03. The number of piperidine rings is 1. The molecular weight excluding hydrogens is 473 g/mol. The van der Waals surface area contributed by atoms with E-state index in [9.17, 15) is 23.2 Å². The van der Waals surface area contributed by atoms with Crippen LogP contribution in [0, 0.1) is 29.1 Å². The van der Waals surface area contributed by atoms with E-state index in [0.717, 1.165) is 31.6 Å². The van der Waals surface area contributed by atoms with Crippen molar-refractivity contribution >= 4 is 11.6 Å². The topological polar surface area (TPSA) is 101 Å². The number of rotatable bonds is 7. The molecule has 4 fully saturated rings. The van der Waals surface area contributed by atoms with Crippen molar-refractivity contribution in [2.45, 2.75) is 82.1 Å². The lowest BCUT2D eigenvalue weighted by Crippen LogP contribution is -2.56. The fourth-order valence-corrected chi connectivity index (χ4v) is 6.12. The van der Waals surface area contributed by atoms with Crippen molar-refractivity contribution in [3.05, 3.63) is 24.3 Å². The maximum atomic E-state index is 12.9. The second kappa shape index (κ2) is 10.1. The van der Waals surface area contributed by atoms with Crippen LogP contribution in [0.1, 0.15) is 45.4 Å². The Kier molecular flexibility index (Phi) is 7.03. The molecule has 11 heteroatoms. The predicted octanol–water partition coefficient (Wildman–Crippen LogP) is 3.10. The van der Waals surface area contributed by atoms with Crippen molar-refractivity contribution in [1.29, 1.82) is 5.26 Å². The molecule has 2 saturated carbocycles. The lowest BCUT2D eigenvalue weighted by Gasteiger charge is -2.42. The number of hydrogen-bond donors (Lipinski definition) is 4. The summed E-state index contributed by atoms with van der Waals surface area (Å²) in [7, 11) is 0. The van der Waals surface area contributed by atoms with Gasteiger partial charge in [-0.25, -0.2) is 10.4 Å². The molecular formula is C25H33F3N6O2. The van der Waals surface area contributed by atoms with Gasteiger partial charge in [0.1, 0.15) is 11.9 Å². The zero-order valence-corrected chi connectivity index (χ0v) is 20.2. The summed E-state index contributed by atoms with van der Waals surface area (Å²) >= 11 is 0. The van der Waals surface area contributed by atoms with Crippen molar-refractivity contribution in [2.24, 2.45) is 17.8 Å². The van der Waals surface area contributed by atoms with Gasteiger partial charge in [-0.3, -0.25) is 4.79 Å². The maximum Gasteiger partial charge on any atom is 0.573 e. The first-order valence-electron chi connectivity index (χ1n) is 12.8. The van der Waals surface area contributed by atoms with E-state index in [0.29, 0.717) is 24.3 Å². The zero-order chi connectivity index (χ0) is 25.4. The van der Waals surface area contributed by atoms with Crippen molar-refractivity contribution in [3.8, 4) is 11.8 Å². The number of benzene rings is 1. The lowest BCUT2D eigenvalue weighted by molar-refractivity contribution is -0.274. The standard InChI is InChI=1S/C25H33F3N6O2/c1-14(15-2-3-15)31-18-6-9-20(16(12-18)13-29)34-21-10-11-30-24(35)22(21)23(33-34)32-17-4-7-19(8-5-17)36-25(26,27)28/h4-5,7-8,14-16,18,20-23,31-33H,2-3,6,9-12H2,1H3,(H,30,35)/t14-,16+,18-,20-,21?,22?,23?/m0/s1. The first kappa shape index (κ1) is 25.1. The molecule has 8 nitrogen and oxygen atoms in total. The van der Waals surface area contributed by atoms with E-state index in [4.69, 9.17) is 0 Å². The first-order valence-corrected chi connectivity index (χ1v) is 12.8. The smallest absolute Gasteiger partial charge is 0.406 e. The average Bonchev–Trinajstić information content (AvgIpc) is 3.62. The first-order chi connectivity index (χ1) is 17.2. The number of hydrogen-bond acceptors (Lipinski definition) is 7. The molecule has 0 radical (unpaired) electrons. The Labute approximate surface area is 208 Å². The number of nitriles is 1. The molecule has 4 aliphatic rings. The number of fused-ring (bicyclic) bond motifs is 1. The van der Waals surface area contributed by atoms with Gasteiger partial charge in [-0.05, 0) is 75.6 Å². The summed E-state index contributed by atoms with van der Waals surface area (Å²) in [6.07, 6.45) is 0.711. The van der Waals surface area contributed by atoms with Gasteiger partial charge in [0.25, 0.3) is 0 Å². The minimum Gasteiger partial charge on any atom is -0.406 e. The third-order valence-electron chi connectivity index (χ3n) is 8.04. The highest BCUT2D eigenvalue weighted by atomic mass is 19.4. The molecule has 2 aliphatic carbocycles. The highest BCUT2D eigenvalue weighted by Crippen LogP contribution is 2.38. The molecule has 3 unspecified atom stereocenters. The molecule has 1 aromatic rings. The van der Waals surface area contributed by atoms with Gasteiger partial charge in [0.2, 0.25) is 5.91 Å². The number of nitrogens with one attached hydrogen (secondary N) is 4. The Hall–Kier alpha value is -2.55. The summed E-state index contributed by atoms with van der Waals surface area (Å²) in [5, 5.41) is 22.1. The van der Waals surface area contributed by atoms with Gasteiger partial charge in [-0.1, -0.05) is 0 Å². The number of nitrogens with zero attached hydrogens (tertiary/aromatic N) is 2. The fraction of sp³-hybridized carbons (Fsp3) is 0.680. The zero-order valence-electron chi connectivity index (χ0n) is 20.2. The van der Waals surface area contributed by atoms with E-state index in [1.807, 2.05) is 0 Å². The second-order valence-corrected chi connectivity index (χ2v) is 10.5. The van der Waals surface area contributed by atoms with Gasteiger partial charge in [0, 0.05) is 36.4 Å². The normalized spacial score (nSPS) is 33.8. The average molecular weight is 507 g/mol. The largest absolute Gasteiger partial charge is 0.573 e. The minimum atomic E-state index is -4.75. The van der Waals surface area contributed by atoms with Crippen LogP contribution >= 0.6 is 0 Å². The van der Waals surface area contributed by atoms with E-state index in [2.05, 4.69) is 44.1 Å². The third kappa shape index (κ3) is 5.56. The molecule has 2 heterocycles. The van der Waals surface area contributed by atoms with Gasteiger partial charge in [-0.2, -0.15) is 5.26 Å². The Bertz CT molecular complexity index is 979. The number of amides is 1. The van der Waals surface area contributed by atoms with Gasteiger partial charge in [0.05, 0.1) is 17.9 Å². The summed E-state index contributed by atoms with van der Waals surface area (Å²) < 4.78 is 41.4. The van der Waals surface area contributed by atoms with Crippen LogP contribution < -0.4 is 26.1 Å². The third-order valence-corrected chi connectivity index (χ3v) is 8.04.